The highest BCUT2D eigenvalue weighted by molar-refractivity contribution is 9.10. The summed E-state index contributed by atoms with van der Waals surface area (Å²) in [7, 11) is 0. The average Bonchev–Trinajstić information content (AvgIpc) is 3.61. The number of alkyl carbamates (subject to hydrolysis) is 1. The van der Waals surface area contributed by atoms with Crippen LogP contribution in [-0.2, 0) is 58.7 Å². The van der Waals surface area contributed by atoms with Crippen molar-refractivity contribution in [2.75, 3.05) is 18.4 Å². The third-order valence-corrected chi connectivity index (χ3v) is 12.0. The lowest BCUT2D eigenvalue weighted by Gasteiger charge is -2.36. The first-order chi connectivity index (χ1) is 30.3. The second kappa shape index (κ2) is 19.6. The van der Waals surface area contributed by atoms with Crippen LogP contribution in [-0.4, -0.2) is 70.6 Å². The third kappa shape index (κ3) is 10.5. The number of halogens is 1. The van der Waals surface area contributed by atoms with Gasteiger partial charge in [-0.15, -0.1) is 0 Å². The normalized spacial score (nSPS) is 16.1. The first-order valence-electron chi connectivity index (χ1n) is 21.0. The largest absolute Gasteiger partial charge is 0.457 e. The molecule has 5 amide bonds. The van der Waals surface area contributed by atoms with E-state index >= 15 is 0 Å². The van der Waals surface area contributed by atoms with Crippen LogP contribution in [0.25, 0.3) is 22.3 Å². The Balaban J connectivity index is 1.04. The maximum Gasteiger partial charge on any atom is 0.407 e. The quantitative estimate of drug-likeness (QED) is 0.0425. The van der Waals surface area contributed by atoms with Gasteiger partial charge in [-0.25, -0.2) is 19.4 Å². The number of nitrogens with zero attached hydrogens (tertiary/aromatic N) is 2. The summed E-state index contributed by atoms with van der Waals surface area (Å²) >= 11 is 3.58. The number of cyclic esters (lactones) is 1. The van der Waals surface area contributed by atoms with Crippen molar-refractivity contribution in [2.24, 2.45) is 22.8 Å². The van der Waals surface area contributed by atoms with Crippen molar-refractivity contribution in [3.8, 4) is 11.4 Å². The molecule has 2 aliphatic heterocycles. The molecule has 0 aliphatic carbocycles. The van der Waals surface area contributed by atoms with Crippen LogP contribution >= 0.6 is 15.9 Å². The van der Waals surface area contributed by atoms with Crippen molar-refractivity contribution in [2.45, 2.75) is 97.7 Å². The molecule has 19 heteroatoms. The summed E-state index contributed by atoms with van der Waals surface area (Å²) in [6, 6.07) is 13.4. The average molecular weight is 946 g/mol. The summed E-state index contributed by atoms with van der Waals surface area (Å²) < 4.78 is 19.4. The van der Waals surface area contributed by atoms with Gasteiger partial charge in [-0.1, -0.05) is 68.7 Å². The molecule has 4 heterocycles. The molecule has 18 nitrogen and oxygen atoms in total. The summed E-state index contributed by atoms with van der Waals surface area (Å²) in [6.07, 6.45) is -0.389. The van der Waals surface area contributed by atoms with Crippen molar-refractivity contribution in [3.05, 3.63) is 91.7 Å². The predicted octanol–water partition coefficient (Wildman–Crippen LogP) is 4.59. The Morgan fingerprint density at radius 2 is 1.77 bits per heavy atom. The van der Waals surface area contributed by atoms with Crippen LogP contribution in [0.2, 0.25) is 0 Å². The topological polar surface area (TPSA) is 265 Å². The highest BCUT2D eigenvalue weighted by Gasteiger charge is 2.51. The van der Waals surface area contributed by atoms with Crippen molar-refractivity contribution in [3.63, 3.8) is 0 Å². The van der Waals surface area contributed by atoms with E-state index in [0.717, 1.165) is 20.9 Å². The Kier molecular flexibility index (Phi) is 14.4. The number of aromatic nitrogens is 2. The number of pyridine rings is 2. The summed E-state index contributed by atoms with van der Waals surface area (Å²) in [5, 5.41) is 11.5. The monoisotopic (exact) mass is 944 g/mol. The number of fused-ring (bicyclic) bond motifs is 5. The van der Waals surface area contributed by atoms with Crippen molar-refractivity contribution >= 4 is 68.4 Å². The Bertz CT molecular complexity index is 2540. The molecule has 6 rings (SSSR count). The zero-order chi connectivity index (χ0) is 46.5. The van der Waals surface area contributed by atoms with Gasteiger partial charge >= 0.3 is 24.1 Å². The molecule has 0 radical (unpaired) electrons. The fourth-order valence-electron chi connectivity index (χ4n) is 7.59. The number of esters is 2. The van der Waals surface area contributed by atoms with Crippen molar-refractivity contribution in [1.82, 2.24) is 25.5 Å². The minimum absolute atomic E-state index is 0.000718. The number of amides is 5. The fraction of sp³-hybridized carbons (Fsp3) is 0.422. The summed E-state index contributed by atoms with van der Waals surface area (Å²) in [5.41, 5.74) is 12.2. The smallest absolute Gasteiger partial charge is 0.407 e. The second-order valence-corrected chi connectivity index (χ2v) is 17.9. The van der Waals surface area contributed by atoms with Gasteiger partial charge in [-0.05, 0) is 72.6 Å². The molecule has 2 aromatic carbocycles. The van der Waals surface area contributed by atoms with E-state index in [1.807, 2.05) is 24.3 Å². The lowest BCUT2D eigenvalue weighted by Crippen LogP contribution is -2.51. The Hall–Kier alpha value is -6.34. The number of rotatable bonds is 17. The molecule has 0 saturated heterocycles. The zero-order valence-corrected chi connectivity index (χ0v) is 37.9. The molecule has 2 aromatic heterocycles. The van der Waals surface area contributed by atoms with E-state index < -0.39 is 59.0 Å². The SMILES string of the molecule is CC[C@@]1(OC(=O)CC(C)(C)CNC(=O)OCc2ccc(NC(=O)[C@H](CCCNC(N)=O)NC(=O)[C@@H](N)C(C)C)cc2)C(=O)OCc2c1cc1n(c2=O)Cc2cc3c(Br)cccc3nc2-1. The number of carbonyl (C=O) groups excluding carboxylic acids is 6. The van der Waals surface area contributed by atoms with E-state index in [0.29, 0.717) is 29.1 Å². The van der Waals surface area contributed by atoms with Crippen LogP contribution in [0.1, 0.15) is 82.6 Å². The highest BCUT2D eigenvalue weighted by atomic mass is 79.9. The minimum atomic E-state index is -1.88. The Labute approximate surface area is 377 Å². The van der Waals surface area contributed by atoms with Gasteiger partial charge < -0.3 is 51.5 Å². The second-order valence-electron chi connectivity index (χ2n) is 17.1. The lowest BCUT2D eigenvalue weighted by molar-refractivity contribution is -0.190. The molecule has 0 saturated carbocycles. The van der Waals surface area contributed by atoms with E-state index in [-0.39, 0.29) is 74.7 Å². The van der Waals surface area contributed by atoms with Crippen LogP contribution in [0, 0.1) is 11.3 Å². The van der Waals surface area contributed by atoms with E-state index in [1.54, 1.807) is 69.5 Å². The first-order valence-corrected chi connectivity index (χ1v) is 21.8. The van der Waals surface area contributed by atoms with E-state index in [2.05, 4.69) is 37.2 Å². The molecule has 64 heavy (non-hydrogen) atoms. The number of nitrogens with one attached hydrogen (secondary N) is 4. The molecule has 4 aromatic rings. The number of carbonyl (C=O) groups is 6. The van der Waals surface area contributed by atoms with E-state index in [9.17, 15) is 33.6 Å². The van der Waals surface area contributed by atoms with Crippen LogP contribution in [0.3, 0.4) is 0 Å². The van der Waals surface area contributed by atoms with Gasteiger partial charge in [0.05, 0.1) is 41.5 Å². The number of ether oxygens (including phenoxy) is 3. The maximum atomic E-state index is 13.9. The predicted molar refractivity (Wildman–Crippen MR) is 239 cm³/mol. The molecular weight excluding hydrogens is 892 g/mol. The molecule has 340 valence electrons. The van der Waals surface area contributed by atoms with Crippen molar-refractivity contribution < 1.29 is 43.0 Å². The number of hydrogen-bond donors (Lipinski definition) is 6. The molecule has 0 unspecified atom stereocenters. The number of benzene rings is 2. The first kappa shape index (κ1) is 47.1. The van der Waals surface area contributed by atoms with Gasteiger partial charge in [0.25, 0.3) is 5.56 Å². The lowest BCUT2D eigenvalue weighted by atomic mass is 9.85. The van der Waals surface area contributed by atoms with Crippen LogP contribution in [0.4, 0.5) is 15.3 Å². The van der Waals surface area contributed by atoms with Gasteiger partial charge in [0, 0.05) is 39.8 Å². The summed E-state index contributed by atoms with van der Waals surface area (Å²) in [4.78, 5) is 95.7. The Morgan fingerprint density at radius 3 is 2.45 bits per heavy atom. The fourth-order valence-corrected chi connectivity index (χ4v) is 8.06. The van der Waals surface area contributed by atoms with Gasteiger partial charge in [-0.3, -0.25) is 19.2 Å². The van der Waals surface area contributed by atoms with Crippen LogP contribution in [0.5, 0.6) is 0 Å². The zero-order valence-electron chi connectivity index (χ0n) is 36.3. The third-order valence-electron chi connectivity index (χ3n) is 11.3. The van der Waals surface area contributed by atoms with Crippen LogP contribution in [0.15, 0.2) is 63.9 Å². The van der Waals surface area contributed by atoms with Gasteiger partial charge in [-0.2, -0.15) is 0 Å². The summed E-state index contributed by atoms with van der Waals surface area (Å²) in [5.74, 6) is -2.64. The number of nitrogens with two attached hydrogens (primary N) is 2. The van der Waals surface area contributed by atoms with E-state index in [4.69, 9.17) is 30.7 Å². The number of urea groups is 1. The van der Waals surface area contributed by atoms with Gasteiger partial charge in [0.15, 0.2) is 0 Å². The summed E-state index contributed by atoms with van der Waals surface area (Å²) in [6.45, 7) is 8.86. The van der Waals surface area contributed by atoms with Crippen molar-refractivity contribution in [1.29, 1.82) is 0 Å². The van der Waals surface area contributed by atoms with Gasteiger partial charge in [0.2, 0.25) is 17.4 Å². The van der Waals surface area contributed by atoms with Crippen LogP contribution < -0.4 is 38.3 Å². The number of anilines is 1. The molecular formula is C45H53BrN8O10. The molecule has 0 bridgehead atoms. The van der Waals surface area contributed by atoms with Gasteiger partial charge in [0.1, 0.15) is 19.3 Å². The minimum Gasteiger partial charge on any atom is -0.457 e. The molecule has 2 aliphatic rings. The highest BCUT2D eigenvalue weighted by Crippen LogP contribution is 2.42. The molecule has 8 N–H and O–H groups in total. The molecule has 0 fully saturated rings. The number of primary amides is 1. The number of hydrogen-bond acceptors (Lipinski definition) is 12. The Morgan fingerprint density at radius 1 is 1.03 bits per heavy atom. The molecule has 0 spiro atoms. The maximum absolute atomic E-state index is 13.9. The van der Waals surface area contributed by atoms with E-state index in [1.165, 1.54) is 0 Å². The molecule has 3 atom stereocenters. The standard InChI is InChI=1S/C45H53BrN8O10/c1-6-45(30-18-34-37-26(17-28-31(46)9-7-10-32(28)52-37)20-54(34)40(58)29(30)22-62-41(45)59)64-35(55)19-44(4,5)23-50-43(61)63-21-25-12-14-27(15-13-25)51-38(56)33(11-8-16-49-42(48)60)53-39(57)36(47)24(2)3/h7,9-10,12-15,17-18,24,33,36H,6,8,11,16,19-23,47H2,1-5H3,(H,50,61)(H,51,56)(H,53,57)(H3,48,49,60)/t33-,36-,45-/m0/s1.